The summed E-state index contributed by atoms with van der Waals surface area (Å²) >= 11 is 0. The second kappa shape index (κ2) is 6.85. The number of esters is 1. The maximum atomic E-state index is 13.7. The van der Waals surface area contributed by atoms with Gasteiger partial charge in [-0.25, -0.2) is 9.18 Å². The van der Waals surface area contributed by atoms with Crippen LogP contribution in [-0.4, -0.2) is 31.7 Å². The first-order valence-corrected chi connectivity index (χ1v) is 5.49. The minimum Gasteiger partial charge on any atom is -0.493 e. The number of hydrogen-bond acceptors (Lipinski definition) is 7. The van der Waals surface area contributed by atoms with Crippen molar-refractivity contribution >= 4 is 23.2 Å². The van der Waals surface area contributed by atoms with Crippen molar-refractivity contribution in [2.24, 2.45) is 10.8 Å². The van der Waals surface area contributed by atoms with Crippen molar-refractivity contribution in [2.75, 3.05) is 19.6 Å². The van der Waals surface area contributed by atoms with Gasteiger partial charge in [0.25, 0.3) is 0 Å². The quantitative estimate of drug-likeness (QED) is 0.319. The Balaban J connectivity index is 3.30. The van der Waals surface area contributed by atoms with Crippen LogP contribution in [0.4, 0.5) is 10.1 Å². The Labute approximate surface area is 119 Å². The molecule has 0 heterocycles. The number of nitriles is 1. The fourth-order valence-electron chi connectivity index (χ4n) is 1.41. The number of ether oxygens (including phenoxy) is 2. The number of carbonyl (C=O) groups is 1. The van der Waals surface area contributed by atoms with E-state index in [4.69, 9.17) is 21.1 Å². The van der Waals surface area contributed by atoms with E-state index in [0.29, 0.717) is 0 Å². The molecule has 0 spiro atoms. The van der Waals surface area contributed by atoms with Gasteiger partial charge in [-0.15, -0.1) is 0 Å². The zero-order valence-corrected chi connectivity index (χ0v) is 11.2. The zero-order chi connectivity index (χ0) is 16.0. The van der Waals surface area contributed by atoms with Crippen LogP contribution in [0.3, 0.4) is 0 Å². The highest BCUT2D eigenvalue weighted by atomic mass is 19.1. The van der Waals surface area contributed by atoms with Crippen LogP contribution in [0.5, 0.6) is 5.75 Å². The third-order valence-electron chi connectivity index (χ3n) is 2.35. The Morgan fingerprint density at radius 1 is 1.52 bits per heavy atom. The minimum atomic E-state index is -0.927. The van der Waals surface area contributed by atoms with Gasteiger partial charge < -0.3 is 15.2 Å². The third-order valence-corrected chi connectivity index (χ3v) is 2.35. The Bertz CT molecular complexity index is 651. The largest absolute Gasteiger partial charge is 0.493 e. The van der Waals surface area contributed by atoms with Crippen molar-refractivity contribution in [2.45, 2.75) is 0 Å². The van der Waals surface area contributed by atoms with Gasteiger partial charge in [-0.2, -0.15) is 10.4 Å². The lowest BCUT2D eigenvalue weighted by Crippen LogP contribution is -2.22. The fourth-order valence-corrected chi connectivity index (χ4v) is 1.41. The maximum absolute atomic E-state index is 13.7. The van der Waals surface area contributed by atoms with E-state index in [1.807, 2.05) is 0 Å². The normalized spacial score (nSPS) is 10.5. The Morgan fingerprint density at radius 3 is 2.67 bits per heavy atom. The summed E-state index contributed by atoms with van der Waals surface area (Å²) in [5.74, 6) is -2.45. The standard InChI is InChI=1S/C12H12FN5O3/c1-20-10-7(17-18-8(5-14)11(15)16)4-3-6(13)9(10)12(19)21-2/h3-4,17H,1-2H3,(H3,15,16)/b18-8+. The second-order valence-electron chi connectivity index (χ2n) is 3.59. The first-order chi connectivity index (χ1) is 9.96. The number of hydrogen-bond donors (Lipinski definition) is 3. The molecule has 0 radical (unpaired) electrons. The molecule has 1 aromatic carbocycles. The molecule has 0 aliphatic rings. The molecule has 0 saturated carbocycles. The first kappa shape index (κ1) is 15.9. The average molecular weight is 293 g/mol. The van der Waals surface area contributed by atoms with Crippen LogP contribution in [0.2, 0.25) is 0 Å². The van der Waals surface area contributed by atoms with Crippen molar-refractivity contribution in [1.82, 2.24) is 0 Å². The number of halogens is 1. The lowest BCUT2D eigenvalue weighted by atomic mass is 10.1. The van der Waals surface area contributed by atoms with E-state index in [1.54, 1.807) is 6.07 Å². The summed E-state index contributed by atoms with van der Waals surface area (Å²) < 4.78 is 23.1. The number of carbonyl (C=O) groups excluding carboxylic acids is 1. The summed E-state index contributed by atoms with van der Waals surface area (Å²) in [5.41, 5.74) is 6.83. The van der Waals surface area contributed by atoms with Crippen molar-refractivity contribution in [3.63, 3.8) is 0 Å². The van der Waals surface area contributed by atoms with E-state index in [-0.39, 0.29) is 17.1 Å². The van der Waals surface area contributed by atoms with Gasteiger partial charge >= 0.3 is 5.97 Å². The molecule has 21 heavy (non-hydrogen) atoms. The Morgan fingerprint density at radius 2 is 2.19 bits per heavy atom. The van der Waals surface area contributed by atoms with Crippen LogP contribution in [0, 0.1) is 22.6 Å². The number of nitrogens with one attached hydrogen (secondary N) is 2. The summed E-state index contributed by atoms with van der Waals surface area (Å²) in [7, 11) is 2.33. The van der Waals surface area contributed by atoms with E-state index in [2.05, 4.69) is 15.3 Å². The minimum absolute atomic E-state index is 0.105. The molecule has 9 heteroatoms. The number of amidine groups is 1. The lowest BCUT2D eigenvalue weighted by molar-refractivity contribution is 0.0591. The van der Waals surface area contributed by atoms with Gasteiger partial charge in [-0.1, -0.05) is 0 Å². The summed E-state index contributed by atoms with van der Waals surface area (Å²) in [6.07, 6.45) is 0. The van der Waals surface area contributed by atoms with E-state index in [0.717, 1.165) is 13.2 Å². The molecule has 0 amide bonds. The fraction of sp³-hybridized carbons (Fsp3) is 0.167. The number of benzene rings is 1. The van der Waals surface area contributed by atoms with E-state index in [1.165, 1.54) is 13.2 Å². The summed E-state index contributed by atoms with van der Waals surface area (Å²) in [6, 6.07) is 3.86. The van der Waals surface area contributed by atoms with Crippen LogP contribution in [0.25, 0.3) is 0 Å². The molecular formula is C12H12FN5O3. The molecule has 0 aliphatic heterocycles. The smallest absolute Gasteiger partial charge is 0.344 e. The molecule has 1 aromatic rings. The molecule has 0 bridgehead atoms. The van der Waals surface area contributed by atoms with E-state index < -0.39 is 23.2 Å². The van der Waals surface area contributed by atoms with Gasteiger partial charge in [0.15, 0.2) is 11.6 Å². The topological polar surface area (TPSA) is 134 Å². The van der Waals surface area contributed by atoms with Crippen molar-refractivity contribution in [1.29, 1.82) is 10.7 Å². The van der Waals surface area contributed by atoms with Gasteiger partial charge in [0.05, 0.1) is 19.9 Å². The molecule has 4 N–H and O–H groups in total. The van der Waals surface area contributed by atoms with E-state index >= 15 is 0 Å². The van der Waals surface area contributed by atoms with Crippen LogP contribution < -0.4 is 15.9 Å². The highest BCUT2D eigenvalue weighted by Gasteiger charge is 2.22. The highest BCUT2D eigenvalue weighted by molar-refractivity contribution is 6.45. The monoisotopic (exact) mass is 293 g/mol. The summed E-state index contributed by atoms with van der Waals surface area (Å²) in [6.45, 7) is 0. The van der Waals surface area contributed by atoms with Gasteiger partial charge in [-0.05, 0) is 12.1 Å². The average Bonchev–Trinajstić information content (AvgIpc) is 2.47. The number of hydrazone groups is 1. The number of rotatable bonds is 5. The van der Waals surface area contributed by atoms with Crippen molar-refractivity contribution in [3.8, 4) is 11.8 Å². The van der Waals surface area contributed by atoms with Crippen LogP contribution in [0.15, 0.2) is 17.2 Å². The number of methoxy groups -OCH3 is 2. The predicted octanol–water partition coefficient (Wildman–Crippen LogP) is 0.848. The Hall–Kier alpha value is -3.15. The predicted molar refractivity (Wildman–Crippen MR) is 72.9 cm³/mol. The lowest BCUT2D eigenvalue weighted by Gasteiger charge is -2.12. The summed E-state index contributed by atoms with van der Waals surface area (Å²) in [5, 5.41) is 19.4. The van der Waals surface area contributed by atoms with Crippen molar-refractivity contribution < 1.29 is 18.7 Å². The Kier molecular flexibility index (Phi) is 5.19. The number of anilines is 1. The molecule has 0 aromatic heterocycles. The SMILES string of the molecule is COC(=O)c1c(F)ccc(N/N=C(\C#N)C(=N)N)c1OC. The molecule has 0 saturated heterocycles. The molecule has 8 nitrogen and oxygen atoms in total. The number of nitrogens with zero attached hydrogens (tertiary/aromatic N) is 2. The molecule has 0 unspecified atom stereocenters. The molecular weight excluding hydrogens is 281 g/mol. The van der Waals surface area contributed by atoms with Crippen LogP contribution in [-0.2, 0) is 4.74 Å². The molecule has 110 valence electrons. The molecule has 1 rings (SSSR count). The van der Waals surface area contributed by atoms with Gasteiger partial charge in [0, 0.05) is 0 Å². The zero-order valence-electron chi connectivity index (χ0n) is 11.2. The number of nitrogens with two attached hydrogens (primary N) is 1. The molecule has 0 atom stereocenters. The van der Waals surface area contributed by atoms with E-state index in [9.17, 15) is 9.18 Å². The van der Waals surface area contributed by atoms with Gasteiger partial charge in [-0.3, -0.25) is 10.8 Å². The molecule has 0 aliphatic carbocycles. The molecule has 0 fully saturated rings. The maximum Gasteiger partial charge on any atom is 0.344 e. The van der Waals surface area contributed by atoms with Gasteiger partial charge in [0.2, 0.25) is 5.71 Å². The third kappa shape index (κ3) is 3.44. The first-order valence-electron chi connectivity index (χ1n) is 5.49. The highest BCUT2D eigenvalue weighted by Crippen LogP contribution is 2.31. The van der Waals surface area contributed by atoms with Crippen LogP contribution in [0.1, 0.15) is 10.4 Å². The second-order valence-corrected chi connectivity index (χ2v) is 3.59. The van der Waals surface area contributed by atoms with Crippen molar-refractivity contribution in [3.05, 3.63) is 23.5 Å². The summed E-state index contributed by atoms with van der Waals surface area (Å²) in [4.78, 5) is 11.6. The van der Waals surface area contributed by atoms with Gasteiger partial charge in [0.1, 0.15) is 17.4 Å². The van der Waals surface area contributed by atoms with Crippen LogP contribution >= 0.6 is 0 Å².